The zero-order valence-electron chi connectivity index (χ0n) is 8.99. The van der Waals surface area contributed by atoms with Gasteiger partial charge in [0.1, 0.15) is 0 Å². The molecular weight excluding hydrogens is 234 g/mol. The maximum absolute atomic E-state index is 11.1. The molecular formula is C10H14ClNO2S. The van der Waals surface area contributed by atoms with E-state index in [1.165, 1.54) is 6.07 Å². The first-order valence-corrected chi connectivity index (χ1v) is 6.80. The molecule has 3 nitrogen and oxygen atoms in total. The van der Waals surface area contributed by atoms with E-state index in [9.17, 15) is 8.42 Å². The van der Waals surface area contributed by atoms with Gasteiger partial charge in [-0.1, -0.05) is 6.07 Å². The summed E-state index contributed by atoms with van der Waals surface area (Å²) in [7, 11) is 5.57. The fraction of sp³-hybridized carbons (Fsp3) is 0.400. The van der Waals surface area contributed by atoms with Crippen molar-refractivity contribution in [1.82, 2.24) is 4.90 Å². The van der Waals surface area contributed by atoms with E-state index in [0.29, 0.717) is 0 Å². The highest BCUT2D eigenvalue weighted by molar-refractivity contribution is 8.13. The lowest BCUT2D eigenvalue weighted by Crippen LogP contribution is -2.11. The zero-order chi connectivity index (χ0) is 11.6. The summed E-state index contributed by atoms with van der Waals surface area (Å²) < 4.78 is 22.1. The largest absolute Gasteiger partial charge is 0.305 e. The third kappa shape index (κ3) is 3.48. The fourth-order valence-corrected chi connectivity index (χ4v) is 2.17. The molecule has 15 heavy (non-hydrogen) atoms. The molecule has 0 unspecified atom stereocenters. The summed E-state index contributed by atoms with van der Waals surface area (Å²) in [6, 6.07) is 4.93. The van der Waals surface area contributed by atoms with E-state index in [4.69, 9.17) is 10.7 Å². The first-order valence-electron chi connectivity index (χ1n) is 4.49. The van der Waals surface area contributed by atoms with Crippen molar-refractivity contribution in [1.29, 1.82) is 0 Å². The molecule has 0 fully saturated rings. The van der Waals surface area contributed by atoms with Gasteiger partial charge in [-0.15, -0.1) is 0 Å². The van der Waals surface area contributed by atoms with E-state index in [1.807, 2.05) is 25.9 Å². The van der Waals surface area contributed by atoms with Gasteiger partial charge in [-0.3, -0.25) is 0 Å². The Balaban J connectivity index is 3.09. The maximum atomic E-state index is 11.1. The average molecular weight is 248 g/mol. The second kappa shape index (κ2) is 4.51. The van der Waals surface area contributed by atoms with Crippen LogP contribution in [0.5, 0.6) is 0 Å². The molecule has 0 saturated carbocycles. The predicted molar refractivity (Wildman–Crippen MR) is 61.6 cm³/mol. The molecule has 0 aliphatic carbocycles. The summed E-state index contributed by atoms with van der Waals surface area (Å²) >= 11 is 0. The first kappa shape index (κ1) is 12.5. The van der Waals surface area contributed by atoms with Crippen molar-refractivity contribution in [2.45, 2.75) is 18.4 Å². The molecule has 0 aliphatic rings. The van der Waals surface area contributed by atoms with Crippen LogP contribution in [-0.2, 0) is 15.6 Å². The number of halogens is 1. The number of hydrogen-bond acceptors (Lipinski definition) is 3. The number of hydrogen-bond donors (Lipinski definition) is 0. The van der Waals surface area contributed by atoms with Gasteiger partial charge in [0.05, 0.1) is 4.90 Å². The van der Waals surface area contributed by atoms with E-state index in [0.717, 1.165) is 17.7 Å². The van der Waals surface area contributed by atoms with Gasteiger partial charge in [-0.05, 0) is 44.3 Å². The van der Waals surface area contributed by atoms with Crippen molar-refractivity contribution in [2.75, 3.05) is 14.1 Å². The molecule has 1 aromatic rings. The van der Waals surface area contributed by atoms with Gasteiger partial charge in [0.25, 0.3) is 9.05 Å². The Bertz CT molecular complexity index is 454. The smallest absolute Gasteiger partial charge is 0.261 e. The van der Waals surface area contributed by atoms with Crippen LogP contribution in [0.4, 0.5) is 0 Å². The van der Waals surface area contributed by atoms with Crippen LogP contribution in [0.1, 0.15) is 11.1 Å². The van der Waals surface area contributed by atoms with Gasteiger partial charge in [0.2, 0.25) is 0 Å². The molecule has 0 saturated heterocycles. The Morgan fingerprint density at radius 2 is 1.93 bits per heavy atom. The molecule has 0 N–H and O–H groups in total. The summed E-state index contributed by atoms with van der Waals surface area (Å²) in [5.41, 5.74) is 2.04. The molecule has 1 rings (SSSR count). The van der Waals surface area contributed by atoms with Gasteiger partial charge < -0.3 is 4.90 Å². The lowest BCUT2D eigenvalue weighted by atomic mass is 10.1. The second-order valence-corrected chi connectivity index (χ2v) is 6.33. The molecule has 0 bridgehead atoms. The van der Waals surface area contributed by atoms with Crippen LogP contribution >= 0.6 is 10.7 Å². The Labute approximate surface area is 95.1 Å². The lowest BCUT2D eigenvalue weighted by Gasteiger charge is -2.12. The van der Waals surface area contributed by atoms with Crippen molar-refractivity contribution in [3.05, 3.63) is 29.3 Å². The maximum Gasteiger partial charge on any atom is 0.261 e. The van der Waals surface area contributed by atoms with Gasteiger partial charge >= 0.3 is 0 Å². The summed E-state index contributed by atoms with van der Waals surface area (Å²) in [4.78, 5) is 2.18. The Hall–Kier alpha value is -0.580. The van der Waals surface area contributed by atoms with Crippen molar-refractivity contribution >= 4 is 19.7 Å². The van der Waals surface area contributed by atoms with Gasteiger partial charge in [-0.2, -0.15) is 0 Å². The molecule has 0 aromatic heterocycles. The van der Waals surface area contributed by atoms with E-state index < -0.39 is 9.05 Å². The van der Waals surface area contributed by atoms with Crippen LogP contribution in [-0.4, -0.2) is 27.4 Å². The zero-order valence-corrected chi connectivity index (χ0v) is 10.6. The third-order valence-electron chi connectivity index (χ3n) is 2.08. The van der Waals surface area contributed by atoms with Crippen molar-refractivity contribution in [3.63, 3.8) is 0 Å². The van der Waals surface area contributed by atoms with Crippen LogP contribution in [0.25, 0.3) is 0 Å². The van der Waals surface area contributed by atoms with Crippen LogP contribution in [0.2, 0.25) is 0 Å². The summed E-state index contributed by atoms with van der Waals surface area (Å²) in [6.45, 7) is 2.67. The summed E-state index contributed by atoms with van der Waals surface area (Å²) in [6.07, 6.45) is 0. The average Bonchev–Trinajstić information content (AvgIpc) is 2.05. The Morgan fingerprint density at radius 3 is 2.33 bits per heavy atom. The molecule has 0 atom stereocenters. The lowest BCUT2D eigenvalue weighted by molar-refractivity contribution is 0.401. The van der Waals surface area contributed by atoms with E-state index in [-0.39, 0.29) is 4.90 Å². The van der Waals surface area contributed by atoms with Crippen molar-refractivity contribution in [3.8, 4) is 0 Å². The number of benzene rings is 1. The molecule has 0 radical (unpaired) electrons. The third-order valence-corrected chi connectivity index (χ3v) is 3.43. The number of nitrogens with zero attached hydrogens (tertiary/aromatic N) is 1. The van der Waals surface area contributed by atoms with Crippen LogP contribution in [0, 0.1) is 6.92 Å². The van der Waals surface area contributed by atoms with Gasteiger partial charge in [-0.25, -0.2) is 8.42 Å². The van der Waals surface area contributed by atoms with Gasteiger partial charge in [0.15, 0.2) is 0 Å². The molecule has 0 amide bonds. The van der Waals surface area contributed by atoms with E-state index >= 15 is 0 Å². The van der Waals surface area contributed by atoms with Crippen molar-refractivity contribution in [2.24, 2.45) is 0 Å². The molecule has 0 aliphatic heterocycles. The summed E-state index contributed by atoms with van der Waals surface area (Å²) in [5.74, 6) is 0. The Morgan fingerprint density at radius 1 is 1.33 bits per heavy atom. The predicted octanol–water partition coefficient (Wildman–Crippen LogP) is 1.98. The summed E-state index contributed by atoms with van der Waals surface area (Å²) in [5, 5.41) is 0. The minimum Gasteiger partial charge on any atom is -0.305 e. The highest BCUT2D eigenvalue weighted by Gasteiger charge is 2.11. The minimum absolute atomic E-state index is 0.157. The highest BCUT2D eigenvalue weighted by atomic mass is 35.7. The fourth-order valence-electron chi connectivity index (χ4n) is 1.34. The normalized spacial score (nSPS) is 12.1. The number of aryl methyl sites for hydroxylation is 1. The molecule has 0 spiro atoms. The monoisotopic (exact) mass is 247 g/mol. The minimum atomic E-state index is -3.61. The number of rotatable bonds is 3. The van der Waals surface area contributed by atoms with Crippen molar-refractivity contribution < 1.29 is 8.42 Å². The van der Waals surface area contributed by atoms with E-state index in [1.54, 1.807) is 12.1 Å². The highest BCUT2D eigenvalue weighted by Crippen LogP contribution is 2.19. The first-order chi connectivity index (χ1) is 6.80. The SMILES string of the molecule is Cc1cc(S(=O)(=O)Cl)ccc1CN(C)C. The van der Waals surface area contributed by atoms with E-state index in [2.05, 4.69) is 0 Å². The molecule has 84 valence electrons. The molecule has 1 aromatic carbocycles. The van der Waals surface area contributed by atoms with Crippen LogP contribution in [0.3, 0.4) is 0 Å². The van der Waals surface area contributed by atoms with Crippen LogP contribution < -0.4 is 0 Å². The van der Waals surface area contributed by atoms with Crippen LogP contribution in [0.15, 0.2) is 23.1 Å². The molecule has 5 heteroatoms. The quantitative estimate of drug-likeness (QED) is 0.767. The Kier molecular flexibility index (Phi) is 3.76. The molecule has 0 heterocycles. The second-order valence-electron chi connectivity index (χ2n) is 3.76. The topological polar surface area (TPSA) is 37.4 Å². The standard InChI is InChI=1S/C10H14ClNO2S/c1-8-6-10(15(11,13)14)5-4-9(8)7-12(2)3/h4-6H,7H2,1-3H3. The van der Waals surface area contributed by atoms with Gasteiger partial charge in [0, 0.05) is 17.2 Å².